The normalized spacial score (nSPS) is 14.0. The molecule has 1 amide bonds. The van der Waals surface area contributed by atoms with Gasteiger partial charge in [-0.3, -0.25) is 9.69 Å². The molecule has 3 aromatic rings. The number of carbonyl (C=O) groups is 1. The van der Waals surface area contributed by atoms with Gasteiger partial charge >= 0.3 is 10.2 Å². The molecule has 0 atom stereocenters. The summed E-state index contributed by atoms with van der Waals surface area (Å²) in [6.45, 7) is 0.597. The van der Waals surface area contributed by atoms with Gasteiger partial charge < -0.3 is 9.30 Å². The molecule has 0 fully saturated rings. The molecule has 9 nitrogen and oxygen atoms in total. The van der Waals surface area contributed by atoms with Crippen LogP contribution in [0.2, 0.25) is 0 Å². The molecule has 0 aliphatic carbocycles. The van der Waals surface area contributed by atoms with E-state index in [-0.39, 0.29) is 12.6 Å². The SMILES string of the molecule is COCn1c(C(=O)N2CCCc3c2nc(Sc2ccccc2)n3S(=O)(=O)N(C)C)cc(Br)c1Br. The van der Waals surface area contributed by atoms with Gasteiger partial charge in [0.05, 0.1) is 10.2 Å². The van der Waals surface area contributed by atoms with Gasteiger partial charge in [-0.15, -0.1) is 0 Å². The molecule has 0 spiro atoms. The highest BCUT2D eigenvalue weighted by Gasteiger charge is 2.36. The lowest BCUT2D eigenvalue weighted by molar-refractivity contribution is 0.0939. The van der Waals surface area contributed by atoms with Crippen molar-refractivity contribution in [3.8, 4) is 0 Å². The highest BCUT2D eigenvalue weighted by molar-refractivity contribution is 9.13. The molecule has 0 saturated carbocycles. The Hall–Kier alpha value is -1.64. The number of ether oxygens (including phenoxy) is 1. The van der Waals surface area contributed by atoms with Crippen LogP contribution < -0.4 is 4.90 Å². The van der Waals surface area contributed by atoms with Gasteiger partial charge in [0.25, 0.3) is 5.91 Å². The molecular weight excluding hydrogens is 610 g/mol. The summed E-state index contributed by atoms with van der Waals surface area (Å²) in [6.07, 6.45) is 1.09. The van der Waals surface area contributed by atoms with Gasteiger partial charge in [0.15, 0.2) is 11.0 Å². The molecule has 13 heteroatoms. The fourth-order valence-electron chi connectivity index (χ4n) is 3.67. The van der Waals surface area contributed by atoms with Crippen molar-refractivity contribution < 1.29 is 17.9 Å². The van der Waals surface area contributed by atoms with Crippen LogP contribution in [0, 0.1) is 0 Å². The lowest BCUT2D eigenvalue weighted by atomic mass is 10.1. The Morgan fingerprint density at radius 1 is 1.24 bits per heavy atom. The highest BCUT2D eigenvalue weighted by atomic mass is 79.9. The van der Waals surface area contributed by atoms with Crippen molar-refractivity contribution in [2.24, 2.45) is 0 Å². The third-order valence-corrected chi connectivity index (χ3v) is 10.1. The Kier molecular flexibility index (Phi) is 7.60. The average molecular weight is 633 g/mol. The minimum atomic E-state index is -3.87. The molecule has 1 aliphatic heterocycles. The third kappa shape index (κ3) is 4.61. The molecule has 0 radical (unpaired) electrons. The maximum absolute atomic E-state index is 13.7. The van der Waals surface area contributed by atoms with Gasteiger partial charge in [-0.25, -0.2) is 8.96 Å². The maximum Gasteiger partial charge on any atom is 0.309 e. The van der Waals surface area contributed by atoms with Crippen LogP contribution in [0.3, 0.4) is 0 Å². The van der Waals surface area contributed by atoms with Crippen LogP contribution in [0.25, 0.3) is 0 Å². The Balaban J connectivity index is 1.84. The fraction of sp³-hybridized carbons (Fsp3) is 0.333. The molecule has 1 aromatic carbocycles. The third-order valence-electron chi connectivity index (χ3n) is 5.28. The lowest BCUT2D eigenvalue weighted by Gasteiger charge is -2.27. The van der Waals surface area contributed by atoms with Crippen LogP contribution in [0.1, 0.15) is 22.6 Å². The van der Waals surface area contributed by atoms with Crippen molar-refractivity contribution in [1.29, 1.82) is 0 Å². The minimum Gasteiger partial charge on any atom is -0.364 e. The topological polar surface area (TPSA) is 89.7 Å². The molecular formula is C21H23Br2N5O4S2. The van der Waals surface area contributed by atoms with Crippen molar-refractivity contribution in [2.75, 3.05) is 32.6 Å². The van der Waals surface area contributed by atoms with Gasteiger partial charge in [-0.1, -0.05) is 30.0 Å². The molecule has 34 heavy (non-hydrogen) atoms. The molecule has 1 aliphatic rings. The van der Waals surface area contributed by atoms with Crippen LogP contribution >= 0.6 is 43.6 Å². The summed E-state index contributed by atoms with van der Waals surface area (Å²) in [4.78, 5) is 20.8. The van der Waals surface area contributed by atoms with E-state index in [4.69, 9.17) is 4.74 Å². The number of halogens is 2. The van der Waals surface area contributed by atoms with Crippen molar-refractivity contribution in [1.82, 2.24) is 17.8 Å². The summed E-state index contributed by atoms with van der Waals surface area (Å²) < 4.78 is 37.4. The van der Waals surface area contributed by atoms with Crippen molar-refractivity contribution in [2.45, 2.75) is 29.6 Å². The predicted octanol–water partition coefficient (Wildman–Crippen LogP) is 4.21. The fourth-order valence-corrected chi connectivity index (χ4v) is 6.75. The summed E-state index contributed by atoms with van der Waals surface area (Å²) in [5.41, 5.74) is 0.894. The van der Waals surface area contributed by atoms with Crippen molar-refractivity contribution >= 4 is 65.6 Å². The van der Waals surface area contributed by atoms with E-state index < -0.39 is 10.2 Å². The number of methoxy groups -OCH3 is 1. The van der Waals surface area contributed by atoms with E-state index in [1.165, 1.54) is 29.8 Å². The van der Waals surface area contributed by atoms with E-state index in [9.17, 15) is 13.2 Å². The van der Waals surface area contributed by atoms with E-state index in [0.717, 1.165) is 9.20 Å². The number of hydrogen-bond donors (Lipinski definition) is 0. The Labute approximate surface area is 219 Å². The number of imidazole rings is 1. The van der Waals surface area contributed by atoms with E-state index >= 15 is 0 Å². The quantitative estimate of drug-likeness (QED) is 0.388. The minimum absolute atomic E-state index is 0.173. The second kappa shape index (κ2) is 10.2. The van der Waals surface area contributed by atoms with Crippen LogP contribution in [0.15, 0.2) is 55.5 Å². The largest absolute Gasteiger partial charge is 0.364 e. The summed E-state index contributed by atoms with van der Waals surface area (Å²) >= 11 is 8.18. The molecule has 182 valence electrons. The molecule has 2 aromatic heterocycles. The first-order valence-corrected chi connectivity index (χ1v) is 14.1. The number of anilines is 1. The van der Waals surface area contributed by atoms with E-state index in [0.29, 0.717) is 50.8 Å². The van der Waals surface area contributed by atoms with E-state index in [2.05, 4.69) is 36.8 Å². The molecule has 4 rings (SSSR count). The second-order valence-corrected chi connectivity index (χ2v) is 12.3. The molecule has 0 bridgehead atoms. The second-order valence-electron chi connectivity index (χ2n) is 7.71. The van der Waals surface area contributed by atoms with Gasteiger partial charge in [-0.05, 0) is 62.9 Å². The van der Waals surface area contributed by atoms with Gasteiger partial charge in [0.2, 0.25) is 0 Å². The zero-order valence-corrected chi connectivity index (χ0v) is 23.5. The van der Waals surface area contributed by atoms with Crippen molar-refractivity contribution in [3.05, 3.63) is 56.9 Å². The number of rotatable bonds is 7. The van der Waals surface area contributed by atoms with Gasteiger partial charge in [0.1, 0.15) is 17.0 Å². The van der Waals surface area contributed by atoms with Gasteiger partial charge in [-0.2, -0.15) is 12.7 Å². The summed E-state index contributed by atoms with van der Waals surface area (Å²) in [6, 6.07) is 11.1. The number of aromatic nitrogens is 3. The Morgan fingerprint density at radius 2 is 1.94 bits per heavy atom. The number of fused-ring (bicyclic) bond motifs is 1. The van der Waals surface area contributed by atoms with E-state index in [1.54, 1.807) is 22.6 Å². The molecule has 0 unspecified atom stereocenters. The van der Waals surface area contributed by atoms with Crippen molar-refractivity contribution in [3.63, 3.8) is 0 Å². The number of benzene rings is 1. The van der Waals surface area contributed by atoms with Gasteiger partial charge in [0, 0.05) is 32.6 Å². The standard InChI is InChI=1S/C21H23Br2N5O4S2/c1-25(2)34(30,31)28-16-10-7-11-26(19(16)24-21(28)33-14-8-5-4-6-9-14)20(29)17-12-15(22)18(23)27(17)13-32-3/h4-6,8-9,12H,7,10-11,13H2,1-3H3. The summed E-state index contributed by atoms with van der Waals surface area (Å²) in [5, 5.41) is 0.291. The highest BCUT2D eigenvalue weighted by Crippen LogP contribution is 2.37. The molecule has 3 heterocycles. The first-order chi connectivity index (χ1) is 16.2. The summed E-state index contributed by atoms with van der Waals surface area (Å²) in [5.74, 6) is 0.0741. The smallest absolute Gasteiger partial charge is 0.309 e. The molecule has 0 saturated heterocycles. The number of nitrogens with zero attached hydrogens (tertiary/aromatic N) is 5. The van der Waals surface area contributed by atoms with Crippen LogP contribution in [0.4, 0.5) is 5.82 Å². The predicted molar refractivity (Wildman–Crippen MR) is 138 cm³/mol. The first kappa shape index (κ1) is 25.5. The first-order valence-electron chi connectivity index (χ1n) is 10.3. The van der Waals surface area contributed by atoms with Crippen LogP contribution in [0.5, 0.6) is 0 Å². The zero-order valence-electron chi connectivity index (χ0n) is 18.7. The lowest BCUT2D eigenvalue weighted by Crippen LogP contribution is -2.38. The number of hydrogen-bond acceptors (Lipinski definition) is 6. The number of amides is 1. The Morgan fingerprint density at radius 3 is 2.59 bits per heavy atom. The monoisotopic (exact) mass is 631 g/mol. The maximum atomic E-state index is 13.7. The zero-order chi connectivity index (χ0) is 24.6. The van der Waals surface area contributed by atoms with Crippen LogP contribution in [-0.2, 0) is 28.1 Å². The molecule has 0 N–H and O–H groups in total. The van der Waals surface area contributed by atoms with E-state index in [1.807, 2.05) is 30.3 Å². The average Bonchev–Trinajstić information content (AvgIpc) is 3.32. The Bertz CT molecular complexity index is 1320. The summed E-state index contributed by atoms with van der Waals surface area (Å²) in [7, 11) is 0.646. The number of carbonyl (C=O) groups excluding carboxylic acids is 1. The van der Waals surface area contributed by atoms with Crippen LogP contribution in [-0.4, -0.2) is 59.9 Å².